The zero-order chi connectivity index (χ0) is 12.5. The highest BCUT2D eigenvalue weighted by Gasteiger charge is 2.24. The average molecular weight is 258 g/mol. The van der Waals surface area contributed by atoms with Crippen LogP contribution in [0.4, 0.5) is 5.69 Å². The van der Waals surface area contributed by atoms with Crippen molar-refractivity contribution in [1.82, 2.24) is 0 Å². The number of halogens is 1. The first-order chi connectivity index (χ1) is 8.75. The maximum Gasteiger partial charge on any atom is 0.0455 e. The smallest absolute Gasteiger partial charge is 0.0455 e. The van der Waals surface area contributed by atoms with Gasteiger partial charge in [0.1, 0.15) is 0 Å². The van der Waals surface area contributed by atoms with Crippen LogP contribution in [0.3, 0.4) is 0 Å². The third-order valence-electron chi connectivity index (χ3n) is 3.77. The number of fused-ring (bicyclic) bond motifs is 1. The molecule has 3 rings (SSSR count). The van der Waals surface area contributed by atoms with E-state index in [1.54, 1.807) is 0 Å². The van der Waals surface area contributed by atoms with Crippen LogP contribution in [-0.2, 0) is 6.42 Å². The molecule has 2 heteroatoms. The van der Waals surface area contributed by atoms with Crippen LogP contribution >= 0.6 is 11.6 Å². The van der Waals surface area contributed by atoms with Gasteiger partial charge in [0.25, 0.3) is 0 Å². The second kappa shape index (κ2) is 4.66. The topological polar surface area (TPSA) is 12.0 Å². The van der Waals surface area contributed by atoms with Crippen LogP contribution in [-0.4, -0.2) is 6.54 Å². The molecular formula is C16H16ClN. The van der Waals surface area contributed by atoms with Gasteiger partial charge in [-0.25, -0.2) is 0 Å². The summed E-state index contributed by atoms with van der Waals surface area (Å²) in [5, 5.41) is 4.34. The highest BCUT2D eigenvalue weighted by atomic mass is 35.5. The molecule has 0 bridgehead atoms. The van der Waals surface area contributed by atoms with Gasteiger partial charge in [-0.3, -0.25) is 0 Å². The van der Waals surface area contributed by atoms with E-state index >= 15 is 0 Å². The van der Waals surface area contributed by atoms with Gasteiger partial charge >= 0.3 is 0 Å². The van der Waals surface area contributed by atoms with Crippen LogP contribution < -0.4 is 5.32 Å². The second-order valence-electron chi connectivity index (χ2n) is 4.89. The van der Waals surface area contributed by atoms with Crippen LogP contribution in [0.15, 0.2) is 42.5 Å². The van der Waals surface area contributed by atoms with Gasteiger partial charge in [0, 0.05) is 23.2 Å². The second-order valence-corrected chi connectivity index (χ2v) is 5.30. The molecule has 1 atom stereocenters. The highest BCUT2D eigenvalue weighted by Crippen LogP contribution is 2.35. The minimum atomic E-state index is 0.639. The Labute approximate surface area is 113 Å². The Kier molecular flexibility index (Phi) is 3.00. The van der Waals surface area contributed by atoms with Crippen LogP contribution in [0, 0.1) is 6.92 Å². The Morgan fingerprint density at radius 3 is 2.83 bits per heavy atom. The fraction of sp³-hybridized carbons (Fsp3) is 0.250. The highest BCUT2D eigenvalue weighted by molar-refractivity contribution is 6.31. The molecule has 0 saturated carbocycles. The number of hydrogen-bond acceptors (Lipinski definition) is 1. The molecule has 0 aromatic heterocycles. The quantitative estimate of drug-likeness (QED) is 0.859. The molecule has 0 fully saturated rings. The van der Waals surface area contributed by atoms with Crippen molar-refractivity contribution in [3.05, 3.63) is 64.2 Å². The van der Waals surface area contributed by atoms with E-state index in [0.717, 1.165) is 22.8 Å². The van der Waals surface area contributed by atoms with Crippen molar-refractivity contribution < 1.29 is 0 Å². The number of hydrogen-bond donors (Lipinski definition) is 1. The lowest BCUT2D eigenvalue weighted by molar-refractivity contribution is 0.635. The van der Waals surface area contributed by atoms with Gasteiger partial charge in [-0.2, -0.15) is 0 Å². The zero-order valence-corrected chi connectivity index (χ0v) is 11.2. The van der Waals surface area contributed by atoms with E-state index in [1.807, 2.05) is 12.1 Å². The molecule has 0 heterocycles. The fourth-order valence-electron chi connectivity index (χ4n) is 2.58. The van der Waals surface area contributed by atoms with Gasteiger partial charge in [-0.1, -0.05) is 41.9 Å². The Hall–Kier alpha value is -1.47. The molecule has 0 saturated heterocycles. The predicted octanol–water partition coefficient (Wildman–Crippen LogP) is 4.40. The molecular weight excluding hydrogens is 242 g/mol. The number of rotatable bonds is 3. The first kappa shape index (κ1) is 11.6. The van der Waals surface area contributed by atoms with Crippen molar-refractivity contribution in [1.29, 1.82) is 0 Å². The Bertz CT molecular complexity index is 577. The van der Waals surface area contributed by atoms with E-state index in [9.17, 15) is 0 Å². The fourth-order valence-corrected chi connectivity index (χ4v) is 2.75. The molecule has 0 radical (unpaired) electrons. The van der Waals surface area contributed by atoms with E-state index in [4.69, 9.17) is 11.6 Å². The zero-order valence-electron chi connectivity index (χ0n) is 10.4. The Balaban J connectivity index is 1.69. The first-order valence-corrected chi connectivity index (χ1v) is 6.70. The summed E-state index contributed by atoms with van der Waals surface area (Å²) in [6.45, 7) is 3.04. The lowest BCUT2D eigenvalue weighted by atomic mass is 9.77. The summed E-state index contributed by atoms with van der Waals surface area (Å²) in [6, 6.07) is 14.7. The molecule has 0 amide bonds. The minimum absolute atomic E-state index is 0.639. The standard InChI is InChI=1S/C16H16ClN/c1-11-15(17)7-4-8-16(11)18-10-13-9-12-5-2-3-6-14(12)13/h2-8,13,18H,9-10H2,1H3. The summed E-state index contributed by atoms with van der Waals surface area (Å²) in [5.74, 6) is 0.639. The van der Waals surface area contributed by atoms with E-state index in [-0.39, 0.29) is 0 Å². The van der Waals surface area contributed by atoms with Crippen molar-refractivity contribution in [2.75, 3.05) is 11.9 Å². The van der Waals surface area contributed by atoms with E-state index in [1.165, 1.54) is 17.5 Å². The SMILES string of the molecule is Cc1c(Cl)cccc1NCC1Cc2ccccc21. The first-order valence-electron chi connectivity index (χ1n) is 6.32. The van der Waals surface area contributed by atoms with E-state index < -0.39 is 0 Å². The summed E-state index contributed by atoms with van der Waals surface area (Å²) in [7, 11) is 0. The number of nitrogens with one attached hydrogen (secondary N) is 1. The van der Waals surface area contributed by atoms with Gasteiger partial charge in [-0.15, -0.1) is 0 Å². The molecule has 1 unspecified atom stereocenters. The minimum Gasteiger partial charge on any atom is -0.384 e. The van der Waals surface area contributed by atoms with Crippen molar-refractivity contribution in [3.8, 4) is 0 Å². The van der Waals surface area contributed by atoms with Crippen molar-refractivity contribution in [2.45, 2.75) is 19.3 Å². The third kappa shape index (κ3) is 1.99. The molecule has 1 aliphatic rings. The molecule has 1 nitrogen and oxygen atoms in total. The summed E-state index contributed by atoms with van der Waals surface area (Å²) in [5.41, 5.74) is 5.26. The van der Waals surface area contributed by atoms with Gasteiger partial charge in [0.2, 0.25) is 0 Å². The maximum absolute atomic E-state index is 6.12. The van der Waals surface area contributed by atoms with Crippen molar-refractivity contribution >= 4 is 17.3 Å². The molecule has 0 spiro atoms. The van der Waals surface area contributed by atoms with Crippen LogP contribution in [0.2, 0.25) is 5.02 Å². The summed E-state index contributed by atoms with van der Waals surface area (Å²) in [6.07, 6.45) is 1.18. The third-order valence-corrected chi connectivity index (χ3v) is 4.18. The van der Waals surface area contributed by atoms with E-state index in [0.29, 0.717) is 5.92 Å². The molecule has 0 aliphatic heterocycles. The summed E-state index contributed by atoms with van der Waals surface area (Å²) in [4.78, 5) is 0. The van der Waals surface area contributed by atoms with Crippen molar-refractivity contribution in [3.63, 3.8) is 0 Å². The molecule has 2 aromatic rings. The Morgan fingerprint density at radius 2 is 2.00 bits per heavy atom. The molecule has 1 aliphatic carbocycles. The monoisotopic (exact) mass is 257 g/mol. The van der Waals surface area contributed by atoms with E-state index in [2.05, 4.69) is 42.6 Å². The van der Waals surface area contributed by atoms with Gasteiger partial charge in [-0.05, 0) is 42.2 Å². The van der Waals surface area contributed by atoms with Gasteiger partial charge in [0.05, 0.1) is 0 Å². The van der Waals surface area contributed by atoms with Crippen LogP contribution in [0.25, 0.3) is 0 Å². The predicted molar refractivity (Wildman–Crippen MR) is 77.6 cm³/mol. The molecule has 1 N–H and O–H groups in total. The molecule has 92 valence electrons. The molecule has 2 aromatic carbocycles. The maximum atomic E-state index is 6.12. The normalized spacial score (nSPS) is 16.9. The van der Waals surface area contributed by atoms with Crippen LogP contribution in [0.1, 0.15) is 22.6 Å². The molecule has 18 heavy (non-hydrogen) atoms. The lowest BCUT2D eigenvalue weighted by Gasteiger charge is -2.30. The van der Waals surface area contributed by atoms with Gasteiger partial charge < -0.3 is 5.32 Å². The van der Waals surface area contributed by atoms with Crippen molar-refractivity contribution in [2.24, 2.45) is 0 Å². The summed E-state index contributed by atoms with van der Waals surface area (Å²) >= 11 is 6.12. The van der Waals surface area contributed by atoms with Crippen LogP contribution in [0.5, 0.6) is 0 Å². The number of benzene rings is 2. The summed E-state index contributed by atoms with van der Waals surface area (Å²) < 4.78 is 0. The largest absolute Gasteiger partial charge is 0.384 e. The Morgan fingerprint density at radius 1 is 1.17 bits per heavy atom. The number of anilines is 1. The lowest BCUT2D eigenvalue weighted by Crippen LogP contribution is -2.24. The average Bonchev–Trinajstić information content (AvgIpc) is 2.35. The van der Waals surface area contributed by atoms with Gasteiger partial charge in [0.15, 0.2) is 0 Å².